The molecule has 3 aromatic rings. The van der Waals surface area contributed by atoms with E-state index in [0.717, 1.165) is 46.3 Å². The standard InChI is InChI=1S/C25H23N5/c1-15-3-2-4-22(29-15)24(27)23(25-17-6-8-18(30-25)9-7-17)19-11-12-28-21-10-5-16(14-26)13-20(19)21/h2-5,10-13,17-18,27,30H,6-9H2,1H3/b25-23-,27-24?. The van der Waals surface area contributed by atoms with Crippen LogP contribution in [0, 0.1) is 29.6 Å². The Kier molecular flexibility index (Phi) is 4.55. The molecule has 0 radical (unpaired) electrons. The minimum atomic E-state index is 0.420. The molecule has 2 aliphatic heterocycles. The molecular weight excluding hydrogens is 370 g/mol. The Morgan fingerprint density at radius 1 is 1.13 bits per heavy atom. The predicted molar refractivity (Wildman–Crippen MR) is 118 cm³/mol. The molecule has 2 saturated heterocycles. The molecule has 4 heterocycles. The first kappa shape index (κ1) is 18.5. The largest absolute Gasteiger partial charge is 0.385 e. The number of piperidine rings is 2. The molecule has 1 aromatic carbocycles. The van der Waals surface area contributed by atoms with Crippen molar-refractivity contribution in [3.05, 3.63) is 76.9 Å². The second kappa shape index (κ2) is 7.38. The first-order chi connectivity index (χ1) is 14.6. The zero-order chi connectivity index (χ0) is 20.7. The average molecular weight is 393 g/mol. The molecule has 148 valence electrons. The Labute approximate surface area is 176 Å². The second-order valence-electron chi connectivity index (χ2n) is 8.22. The SMILES string of the molecule is Cc1cccc(C(=N)/C(=C2\NC3CCC2CC3)c2ccnc3ccc(C#N)cc23)n1. The van der Waals surface area contributed by atoms with Crippen LogP contribution in [0.5, 0.6) is 0 Å². The van der Waals surface area contributed by atoms with Crippen molar-refractivity contribution in [1.29, 1.82) is 10.7 Å². The lowest BCUT2D eigenvalue weighted by Crippen LogP contribution is -2.43. The number of hydrogen-bond donors (Lipinski definition) is 2. The zero-order valence-electron chi connectivity index (χ0n) is 16.9. The molecule has 3 fully saturated rings. The van der Waals surface area contributed by atoms with E-state index >= 15 is 0 Å². The predicted octanol–water partition coefficient (Wildman–Crippen LogP) is 4.75. The van der Waals surface area contributed by atoms with Gasteiger partial charge in [-0.05, 0) is 80.5 Å². The minimum absolute atomic E-state index is 0.420. The first-order valence-electron chi connectivity index (χ1n) is 10.5. The van der Waals surface area contributed by atoms with E-state index in [1.807, 2.05) is 43.3 Å². The van der Waals surface area contributed by atoms with Crippen molar-refractivity contribution >= 4 is 22.2 Å². The maximum absolute atomic E-state index is 9.43. The summed E-state index contributed by atoms with van der Waals surface area (Å²) >= 11 is 0. The summed E-state index contributed by atoms with van der Waals surface area (Å²) in [5.41, 5.74) is 6.40. The molecule has 0 atom stereocenters. The van der Waals surface area contributed by atoms with Crippen molar-refractivity contribution in [2.75, 3.05) is 0 Å². The molecule has 2 N–H and O–H groups in total. The number of nitrogens with one attached hydrogen (secondary N) is 2. The van der Waals surface area contributed by atoms with Crippen molar-refractivity contribution in [3.8, 4) is 6.07 Å². The summed E-state index contributed by atoms with van der Waals surface area (Å²) in [7, 11) is 0. The van der Waals surface area contributed by atoms with Gasteiger partial charge in [0.15, 0.2) is 0 Å². The van der Waals surface area contributed by atoms with E-state index in [9.17, 15) is 5.26 Å². The maximum atomic E-state index is 9.43. The van der Waals surface area contributed by atoms with E-state index in [4.69, 9.17) is 5.41 Å². The third-order valence-corrected chi connectivity index (χ3v) is 6.30. The number of aromatic nitrogens is 2. The van der Waals surface area contributed by atoms with Crippen LogP contribution in [0.1, 0.15) is 48.2 Å². The van der Waals surface area contributed by atoms with Gasteiger partial charge < -0.3 is 5.32 Å². The van der Waals surface area contributed by atoms with Gasteiger partial charge in [-0.2, -0.15) is 5.26 Å². The first-order valence-corrected chi connectivity index (χ1v) is 10.5. The van der Waals surface area contributed by atoms with E-state index in [-0.39, 0.29) is 0 Å². The summed E-state index contributed by atoms with van der Waals surface area (Å²) < 4.78 is 0. The lowest BCUT2D eigenvalue weighted by atomic mass is 9.76. The normalized spacial score (nSPS) is 21.7. The smallest absolute Gasteiger partial charge is 0.0991 e. The number of hydrogen-bond acceptors (Lipinski definition) is 5. The van der Waals surface area contributed by atoms with E-state index in [0.29, 0.717) is 28.9 Å². The summed E-state index contributed by atoms with van der Waals surface area (Å²) in [5, 5.41) is 23.2. The Morgan fingerprint density at radius 2 is 1.97 bits per heavy atom. The van der Waals surface area contributed by atoms with E-state index in [1.165, 1.54) is 12.8 Å². The molecule has 5 nitrogen and oxygen atoms in total. The van der Waals surface area contributed by atoms with E-state index in [2.05, 4.69) is 21.4 Å². The highest BCUT2D eigenvalue weighted by molar-refractivity contribution is 6.32. The highest BCUT2D eigenvalue weighted by atomic mass is 15.0. The van der Waals surface area contributed by atoms with Crippen molar-refractivity contribution in [1.82, 2.24) is 15.3 Å². The highest BCUT2D eigenvalue weighted by Crippen LogP contribution is 2.40. The molecule has 2 aromatic heterocycles. The fraction of sp³-hybridized carbons (Fsp3) is 0.280. The van der Waals surface area contributed by atoms with Gasteiger partial charge in [-0.15, -0.1) is 0 Å². The van der Waals surface area contributed by atoms with Crippen molar-refractivity contribution in [2.45, 2.75) is 38.6 Å². The number of pyridine rings is 2. The summed E-state index contributed by atoms with van der Waals surface area (Å²) in [5.74, 6) is 0.428. The molecule has 0 unspecified atom stereocenters. The molecule has 2 bridgehead atoms. The highest BCUT2D eigenvalue weighted by Gasteiger charge is 2.34. The third-order valence-electron chi connectivity index (χ3n) is 6.30. The van der Waals surface area contributed by atoms with E-state index < -0.39 is 0 Å². The lowest BCUT2D eigenvalue weighted by Gasteiger charge is -2.41. The molecule has 0 amide bonds. The Bertz CT molecular complexity index is 1230. The van der Waals surface area contributed by atoms with Crippen LogP contribution >= 0.6 is 0 Å². The van der Waals surface area contributed by atoms with Gasteiger partial charge in [0.1, 0.15) is 0 Å². The third kappa shape index (κ3) is 3.15. The van der Waals surface area contributed by atoms with Crippen LogP contribution in [0.4, 0.5) is 0 Å². The molecule has 0 spiro atoms. The number of benzene rings is 1. The van der Waals surface area contributed by atoms with Crippen LogP contribution in [0.3, 0.4) is 0 Å². The monoisotopic (exact) mass is 393 g/mol. The van der Waals surface area contributed by atoms with Gasteiger partial charge in [0.05, 0.1) is 28.6 Å². The number of allylic oxidation sites excluding steroid dienone is 2. The summed E-state index contributed by atoms with van der Waals surface area (Å²) in [4.78, 5) is 9.14. The number of rotatable bonds is 3. The van der Waals surface area contributed by atoms with Crippen LogP contribution in [-0.4, -0.2) is 21.7 Å². The topological polar surface area (TPSA) is 85.5 Å². The van der Waals surface area contributed by atoms with Gasteiger partial charge in [-0.3, -0.25) is 15.4 Å². The number of nitriles is 1. The van der Waals surface area contributed by atoms with Crippen molar-refractivity contribution in [3.63, 3.8) is 0 Å². The summed E-state index contributed by atoms with van der Waals surface area (Å²) in [6.45, 7) is 1.95. The van der Waals surface area contributed by atoms with Gasteiger partial charge in [0, 0.05) is 34.6 Å². The second-order valence-corrected chi connectivity index (χ2v) is 8.22. The van der Waals surface area contributed by atoms with Gasteiger partial charge >= 0.3 is 0 Å². The molecule has 1 aliphatic carbocycles. The molecule has 5 heteroatoms. The van der Waals surface area contributed by atoms with Crippen LogP contribution in [0.15, 0.2) is 54.4 Å². The van der Waals surface area contributed by atoms with Crippen molar-refractivity contribution < 1.29 is 0 Å². The van der Waals surface area contributed by atoms with Crippen LogP contribution in [0.2, 0.25) is 0 Å². The van der Waals surface area contributed by atoms with Gasteiger partial charge in [-0.25, -0.2) is 0 Å². The van der Waals surface area contributed by atoms with Crippen molar-refractivity contribution in [2.24, 2.45) is 5.92 Å². The Morgan fingerprint density at radius 3 is 2.67 bits per heavy atom. The van der Waals surface area contributed by atoms with Gasteiger partial charge in [0.2, 0.25) is 0 Å². The Hall–Kier alpha value is -3.52. The number of aryl methyl sites for hydroxylation is 1. The molecule has 6 rings (SSSR count). The lowest BCUT2D eigenvalue weighted by molar-refractivity contribution is 0.262. The fourth-order valence-corrected chi connectivity index (χ4v) is 4.80. The molecule has 30 heavy (non-hydrogen) atoms. The summed E-state index contributed by atoms with van der Waals surface area (Å²) in [6.07, 6.45) is 6.47. The molecule has 1 saturated carbocycles. The summed E-state index contributed by atoms with van der Waals surface area (Å²) in [6, 6.07) is 16.0. The van der Waals surface area contributed by atoms with E-state index in [1.54, 1.807) is 12.3 Å². The van der Waals surface area contributed by atoms with Gasteiger partial charge in [0.25, 0.3) is 0 Å². The minimum Gasteiger partial charge on any atom is -0.385 e. The molecule has 3 aliphatic rings. The average Bonchev–Trinajstić information content (AvgIpc) is 2.80. The van der Waals surface area contributed by atoms with Crippen LogP contribution in [0.25, 0.3) is 16.5 Å². The van der Waals surface area contributed by atoms with Gasteiger partial charge in [-0.1, -0.05) is 6.07 Å². The molecular formula is C25H23N5. The Balaban J connectivity index is 1.77. The fourth-order valence-electron chi connectivity index (χ4n) is 4.80. The zero-order valence-corrected chi connectivity index (χ0v) is 16.9. The van der Waals surface area contributed by atoms with Crippen LogP contribution in [-0.2, 0) is 0 Å². The number of fused-ring (bicyclic) bond motifs is 4. The van der Waals surface area contributed by atoms with Crippen LogP contribution < -0.4 is 5.32 Å². The quantitative estimate of drug-likeness (QED) is 0.629. The maximum Gasteiger partial charge on any atom is 0.0991 e. The number of nitrogens with zero attached hydrogens (tertiary/aromatic N) is 3.